The second-order valence-corrected chi connectivity index (χ2v) is 7.72. The topological polar surface area (TPSA) is 25.8 Å². The number of nitrogens with zero attached hydrogens (tertiary/aromatic N) is 2. The fourth-order valence-electron chi connectivity index (χ4n) is 2.80. The highest BCUT2D eigenvalue weighted by molar-refractivity contribution is 7.16. The molecule has 3 aromatic rings. The molecule has 2 heterocycles. The highest BCUT2D eigenvalue weighted by Gasteiger charge is 2.35. The summed E-state index contributed by atoms with van der Waals surface area (Å²) in [4.78, 5) is 4.09. The number of hydrogen-bond donors (Lipinski definition) is 0. The molecule has 20 heavy (non-hydrogen) atoms. The summed E-state index contributed by atoms with van der Waals surface area (Å²) >= 11 is 3.44. The van der Waals surface area contributed by atoms with Gasteiger partial charge in [-0.15, -0.1) is 16.4 Å². The van der Waals surface area contributed by atoms with Crippen molar-refractivity contribution in [2.45, 2.75) is 25.7 Å². The molecule has 0 spiro atoms. The molecule has 0 amide bonds. The Morgan fingerprint density at radius 1 is 1.15 bits per heavy atom. The Hall–Kier alpha value is -1.52. The second-order valence-electron chi connectivity index (χ2n) is 5.82. The Morgan fingerprint density at radius 2 is 1.95 bits per heavy atom. The molecule has 0 saturated heterocycles. The number of hydrogen-bond acceptors (Lipinski definition) is 4. The molecule has 1 aliphatic carbocycles. The van der Waals surface area contributed by atoms with Crippen molar-refractivity contribution in [1.82, 2.24) is 9.59 Å². The lowest BCUT2D eigenvalue weighted by molar-refractivity contribution is 0.532. The van der Waals surface area contributed by atoms with E-state index in [1.807, 2.05) is 11.3 Å². The first-order chi connectivity index (χ1) is 9.65. The van der Waals surface area contributed by atoms with E-state index in [1.54, 1.807) is 11.5 Å². The molecule has 1 aromatic carbocycles. The minimum atomic E-state index is 0.148. The fourth-order valence-corrected chi connectivity index (χ4v) is 4.95. The van der Waals surface area contributed by atoms with Crippen LogP contribution in [0.4, 0.5) is 0 Å². The third-order valence-electron chi connectivity index (χ3n) is 3.83. The Balaban J connectivity index is 1.90. The van der Waals surface area contributed by atoms with E-state index < -0.39 is 0 Å². The van der Waals surface area contributed by atoms with Crippen LogP contribution in [0.25, 0.3) is 21.7 Å². The zero-order chi connectivity index (χ0) is 13.7. The first-order valence-electron chi connectivity index (χ1n) is 6.66. The van der Waals surface area contributed by atoms with Crippen molar-refractivity contribution in [2.75, 3.05) is 0 Å². The quantitative estimate of drug-likeness (QED) is 0.647. The van der Waals surface area contributed by atoms with Crippen LogP contribution in [0.5, 0.6) is 0 Å². The number of benzene rings is 1. The Bertz CT molecular complexity index is 769. The lowest BCUT2D eigenvalue weighted by Gasteiger charge is -2.27. The Labute approximate surface area is 126 Å². The monoisotopic (exact) mass is 298 g/mol. The molecule has 0 fully saturated rings. The molecule has 0 aliphatic heterocycles. The SMILES string of the molecule is CC1(C)Cc2sc(-c3ccccc3)cc2-c2nnsc21. The third kappa shape index (κ3) is 1.75. The summed E-state index contributed by atoms with van der Waals surface area (Å²) in [6.45, 7) is 4.58. The van der Waals surface area contributed by atoms with Gasteiger partial charge >= 0.3 is 0 Å². The van der Waals surface area contributed by atoms with Gasteiger partial charge in [0, 0.05) is 20.7 Å². The highest BCUT2D eigenvalue weighted by Crippen LogP contribution is 2.48. The molecule has 0 N–H and O–H groups in total. The molecule has 0 radical (unpaired) electrons. The molecule has 0 bridgehead atoms. The largest absolute Gasteiger partial charge is 0.140 e. The summed E-state index contributed by atoms with van der Waals surface area (Å²) in [6, 6.07) is 12.9. The maximum absolute atomic E-state index is 4.38. The van der Waals surface area contributed by atoms with E-state index >= 15 is 0 Å². The molecule has 4 rings (SSSR count). The van der Waals surface area contributed by atoms with Gasteiger partial charge in [0.1, 0.15) is 5.69 Å². The van der Waals surface area contributed by atoms with Crippen LogP contribution in [0.3, 0.4) is 0 Å². The number of aromatic nitrogens is 2. The first kappa shape index (κ1) is 12.2. The first-order valence-corrected chi connectivity index (χ1v) is 8.25. The predicted molar refractivity (Wildman–Crippen MR) is 85.4 cm³/mol. The van der Waals surface area contributed by atoms with E-state index in [2.05, 4.69) is 59.8 Å². The van der Waals surface area contributed by atoms with Crippen molar-refractivity contribution in [1.29, 1.82) is 0 Å². The van der Waals surface area contributed by atoms with Crippen LogP contribution in [0.2, 0.25) is 0 Å². The predicted octanol–water partition coefficient (Wildman–Crippen LogP) is 4.77. The van der Waals surface area contributed by atoms with Gasteiger partial charge in [-0.05, 0) is 29.6 Å². The van der Waals surface area contributed by atoms with Gasteiger partial charge in [0.2, 0.25) is 0 Å². The zero-order valence-electron chi connectivity index (χ0n) is 11.4. The lowest BCUT2D eigenvalue weighted by Crippen LogP contribution is -2.22. The average Bonchev–Trinajstić information content (AvgIpc) is 3.05. The summed E-state index contributed by atoms with van der Waals surface area (Å²) in [7, 11) is 0. The smallest absolute Gasteiger partial charge is 0.110 e. The van der Waals surface area contributed by atoms with Crippen molar-refractivity contribution in [2.24, 2.45) is 0 Å². The summed E-state index contributed by atoms with van der Waals surface area (Å²) in [5, 5.41) is 4.38. The number of fused-ring (bicyclic) bond motifs is 3. The van der Waals surface area contributed by atoms with E-state index in [4.69, 9.17) is 0 Å². The van der Waals surface area contributed by atoms with Gasteiger partial charge in [-0.25, -0.2) is 0 Å². The molecule has 4 heteroatoms. The van der Waals surface area contributed by atoms with Crippen LogP contribution in [0, 0.1) is 0 Å². The van der Waals surface area contributed by atoms with Gasteiger partial charge in [0.25, 0.3) is 0 Å². The standard InChI is InChI=1S/C16H14N2S2/c1-16(2)9-13-11(14-15(16)20-18-17-14)8-12(19-13)10-6-4-3-5-7-10/h3-8H,9H2,1-2H3. The van der Waals surface area contributed by atoms with E-state index in [1.165, 1.54) is 25.8 Å². The number of rotatable bonds is 1. The highest BCUT2D eigenvalue weighted by atomic mass is 32.1. The van der Waals surface area contributed by atoms with Crippen molar-refractivity contribution in [3.63, 3.8) is 0 Å². The molecule has 0 unspecified atom stereocenters. The Morgan fingerprint density at radius 3 is 2.75 bits per heavy atom. The van der Waals surface area contributed by atoms with E-state index in [9.17, 15) is 0 Å². The van der Waals surface area contributed by atoms with Gasteiger partial charge in [-0.2, -0.15) is 0 Å². The minimum absolute atomic E-state index is 0.148. The molecule has 2 nitrogen and oxygen atoms in total. The van der Waals surface area contributed by atoms with Crippen LogP contribution < -0.4 is 0 Å². The molecule has 0 saturated carbocycles. The van der Waals surface area contributed by atoms with Crippen molar-refractivity contribution in [3.05, 3.63) is 46.2 Å². The summed E-state index contributed by atoms with van der Waals surface area (Å²) in [6.07, 6.45) is 1.08. The van der Waals surface area contributed by atoms with Crippen LogP contribution in [0.1, 0.15) is 23.6 Å². The molecule has 2 aromatic heterocycles. The normalized spacial score (nSPS) is 15.7. The van der Waals surface area contributed by atoms with Crippen LogP contribution in [0.15, 0.2) is 36.4 Å². The maximum Gasteiger partial charge on any atom is 0.110 e. The van der Waals surface area contributed by atoms with Crippen LogP contribution in [-0.2, 0) is 11.8 Å². The summed E-state index contributed by atoms with van der Waals surface area (Å²) in [5.74, 6) is 0. The zero-order valence-corrected chi connectivity index (χ0v) is 13.0. The minimum Gasteiger partial charge on any atom is -0.140 e. The van der Waals surface area contributed by atoms with Gasteiger partial charge in [-0.1, -0.05) is 48.7 Å². The average molecular weight is 298 g/mol. The Kier molecular flexibility index (Phi) is 2.59. The van der Waals surface area contributed by atoms with E-state index in [0.717, 1.165) is 12.1 Å². The van der Waals surface area contributed by atoms with E-state index in [-0.39, 0.29) is 5.41 Å². The molecule has 0 atom stereocenters. The van der Waals surface area contributed by atoms with Gasteiger partial charge < -0.3 is 0 Å². The lowest BCUT2D eigenvalue weighted by atomic mass is 9.80. The maximum atomic E-state index is 4.38. The molecule has 100 valence electrons. The van der Waals surface area contributed by atoms with Gasteiger partial charge in [0.05, 0.1) is 4.88 Å². The van der Waals surface area contributed by atoms with Crippen molar-refractivity contribution < 1.29 is 0 Å². The van der Waals surface area contributed by atoms with Crippen molar-refractivity contribution in [3.8, 4) is 21.7 Å². The fraction of sp³-hybridized carbons (Fsp3) is 0.250. The summed E-state index contributed by atoms with van der Waals surface area (Å²) in [5.41, 5.74) is 3.82. The van der Waals surface area contributed by atoms with Crippen LogP contribution in [-0.4, -0.2) is 9.59 Å². The second kappa shape index (κ2) is 4.24. The molecule has 1 aliphatic rings. The molecular formula is C16H14N2S2. The van der Waals surface area contributed by atoms with E-state index in [0.29, 0.717) is 0 Å². The third-order valence-corrected chi connectivity index (χ3v) is 6.10. The van der Waals surface area contributed by atoms with Gasteiger partial charge in [0.15, 0.2) is 0 Å². The van der Waals surface area contributed by atoms with Gasteiger partial charge in [-0.3, -0.25) is 0 Å². The summed E-state index contributed by atoms with van der Waals surface area (Å²) < 4.78 is 4.18. The van der Waals surface area contributed by atoms with Crippen LogP contribution >= 0.6 is 22.9 Å². The number of thiophene rings is 1. The molecular weight excluding hydrogens is 284 g/mol. The van der Waals surface area contributed by atoms with Crippen molar-refractivity contribution >= 4 is 22.9 Å².